The van der Waals surface area contributed by atoms with Crippen LogP contribution in [0.3, 0.4) is 0 Å². The van der Waals surface area contributed by atoms with Crippen molar-refractivity contribution in [3.05, 3.63) is 29.8 Å². The average molecular weight is 340 g/mol. The van der Waals surface area contributed by atoms with E-state index in [-0.39, 0.29) is 24.9 Å². The average Bonchev–Trinajstić information content (AvgIpc) is 2.52. The Morgan fingerprint density at radius 1 is 1.30 bits per heavy atom. The lowest BCUT2D eigenvalue weighted by Gasteiger charge is -2.25. The summed E-state index contributed by atoms with van der Waals surface area (Å²) in [4.78, 5) is 12.1. The highest BCUT2D eigenvalue weighted by Crippen LogP contribution is 2.21. The number of nitrogens with one attached hydrogen (secondary N) is 1. The van der Waals surface area contributed by atoms with Gasteiger partial charge in [-0.25, -0.2) is 8.42 Å². The number of hydrogen-bond acceptors (Lipinski definition) is 4. The third-order valence-electron chi connectivity index (χ3n) is 3.99. The first kappa shape index (κ1) is 17.7. The second-order valence-electron chi connectivity index (χ2n) is 5.80. The fraction of sp³-hybridized carbons (Fsp3) is 0.562. The van der Waals surface area contributed by atoms with Crippen molar-refractivity contribution in [1.82, 2.24) is 5.32 Å². The number of sulfonamides is 1. The van der Waals surface area contributed by atoms with E-state index in [4.69, 9.17) is 4.74 Å². The molecule has 0 bridgehead atoms. The lowest BCUT2D eigenvalue weighted by Crippen LogP contribution is -2.41. The number of nitrogens with zero attached hydrogens (tertiary/aromatic N) is 1. The van der Waals surface area contributed by atoms with E-state index in [1.165, 1.54) is 10.6 Å². The number of anilines is 1. The Balaban J connectivity index is 1.97. The van der Waals surface area contributed by atoms with Gasteiger partial charge in [0.25, 0.3) is 0 Å². The topological polar surface area (TPSA) is 75.7 Å². The number of carbonyl (C=O) groups excluding carboxylic acids is 1. The minimum atomic E-state index is -3.40. The van der Waals surface area contributed by atoms with Gasteiger partial charge in [-0.3, -0.25) is 9.10 Å². The van der Waals surface area contributed by atoms with Crippen LogP contribution in [0.15, 0.2) is 24.3 Å². The van der Waals surface area contributed by atoms with E-state index in [2.05, 4.69) is 5.32 Å². The fourth-order valence-electron chi connectivity index (χ4n) is 2.69. The summed E-state index contributed by atoms with van der Waals surface area (Å²) in [5.41, 5.74) is 1.53. The van der Waals surface area contributed by atoms with Crippen LogP contribution >= 0.6 is 0 Å². The number of benzene rings is 1. The Hall–Kier alpha value is -1.60. The van der Waals surface area contributed by atoms with Gasteiger partial charge in [0.05, 0.1) is 18.5 Å². The predicted octanol–water partition coefficient (Wildman–Crippen LogP) is 1.30. The number of rotatable bonds is 6. The summed E-state index contributed by atoms with van der Waals surface area (Å²) in [6, 6.07) is 7.32. The van der Waals surface area contributed by atoms with Gasteiger partial charge in [-0.2, -0.15) is 0 Å². The molecule has 1 saturated heterocycles. The van der Waals surface area contributed by atoms with Crippen LogP contribution in [0.4, 0.5) is 5.69 Å². The molecule has 1 amide bonds. The second-order valence-corrected chi connectivity index (χ2v) is 7.71. The minimum absolute atomic E-state index is 0.0217. The molecule has 7 heteroatoms. The molecule has 0 saturated carbocycles. The quantitative estimate of drug-likeness (QED) is 0.847. The number of para-hydroxylation sites is 1. The van der Waals surface area contributed by atoms with Gasteiger partial charge in [0.15, 0.2) is 0 Å². The monoisotopic (exact) mass is 340 g/mol. The summed E-state index contributed by atoms with van der Waals surface area (Å²) < 4.78 is 30.7. The molecule has 2 rings (SSSR count). The SMILES string of the molecule is Cc1ccccc1N(CCNC(=O)C1CCOCC1)S(C)(=O)=O. The molecule has 0 unspecified atom stereocenters. The van der Waals surface area contributed by atoms with E-state index >= 15 is 0 Å². The Morgan fingerprint density at radius 3 is 2.57 bits per heavy atom. The molecule has 0 radical (unpaired) electrons. The molecular formula is C16H24N2O4S. The van der Waals surface area contributed by atoms with Crippen molar-refractivity contribution in [3.63, 3.8) is 0 Å². The van der Waals surface area contributed by atoms with Gasteiger partial charge in [0.2, 0.25) is 15.9 Å². The summed E-state index contributed by atoms with van der Waals surface area (Å²) >= 11 is 0. The van der Waals surface area contributed by atoms with Crippen molar-refractivity contribution < 1.29 is 17.9 Å². The summed E-state index contributed by atoms with van der Waals surface area (Å²) in [5.74, 6) is -0.0552. The molecule has 23 heavy (non-hydrogen) atoms. The van der Waals surface area contributed by atoms with Gasteiger partial charge in [-0.05, 0) is 31.4 Å². The zero-order chi connectivity index (χ0) is 16.9. The highest BCUT2D eigenvalue weighted by molar-refractivity contribution is 7.92. The summed E-state index contributed by atoms with van der Waals surface area (Å²) in [7, 11) is -3.40. The van der Waals surface area contributed by atoms with Gasteiger partial charge in [-0.15, -0.1) is 0 Å². The fourth-order valence-corrected chi connectivity index (χ4v) is 3.68. The van der Waals surface area contributed by atoms with E-state index in [0.29, 0.717) is 18.9 Å². The summed E-state index contributed by atoms with van der Waals surface area (Å²) in [6.45, 7) is 3.60. The maximum Gasteiger partial charge on any atom is 0.232 e. The zero-order valence-electron chi connectivity index (χ0n) is 13.6. The standard InChI is InChI=1S/C16H24N2O4S/c1-13-5-3-4-6-15(13)18(23(2,20)21)10-9-17-16(19)14-7-11-22-12-8-14/h3-6,14H,7-12H2,1-2H3,(H,17,19). The van der Waals surface area contributed by atoms with Crippen molar-refractivity contribution in [2.24, 2.45) is 5.92 Å². The Bertz CT molecular complexity index is 639. The maximum atomic E-state index is 12.1. The van der Waals surface area contributed by atoms with Crippen LogP contribution < -0.4 is 9.62 Å². The predicted molar refractivity (Wildman–Crippen MR) is 89.9 cm³/mol. The maximum absolute atomic E-state index is 12.1. The molecule has 1 aliphatic heterocycles. The van der Waals surface area contributed by atoms with Crippen LogP contribution in [0.1, 0.15) is 18.4 Å². The lowest BCUT2D eigenvalue weighted by atomic mass is 9.99. The molecule has 1 aromatic rings. The van der Waals surface area contributed by atoms with Crippen LogP contribution in [0, 0.1) is 12.8 Å². The molecule has 0 aromatic heterocycles. The molecule has 0 aliphatic carbocycles. The summed E-state index contributed by atoms with van der Waals surface area (Å²) in [6.07, 6.45) is 2.62. The smallest absolute Gasteiger partial charge is 0.232 e. The molecule has 1 aliphatic rings. The highest BCUT2D eigenvalue weighted by Gasteiger charge is 2.23. The third kappa shape index (κ3) is 4.94. The highest BCUT2D eigenvalue weighted by atomic mass is 32.2. The van der Waals surface area contributed by atoms with Crippen LogP contribution in [-0.2, 0) is 19.6 Å². The molecule has 1 heterocycles. The van der Waals surface area contributed by atoms with Crippen LogP contribution in [0.5, 0.6) is 0 Å². The van der Waals surface area contributed by atoms with Gasteiger partial charge >= 0.3 is 0 Å². The lowest BCUT2D eigenvalue weighted by molar-refractivity contribution is -0.127. The molecule has 0 atom stereocenters. The minimum Gasteiger partial charge on any atom is -0.381 e. The van der Waals surface area contributed by atoms with Crippen molar-refractivity contribution in [2.75, 3.05) is 36.9 Å². The van der Waals surface area contributed by atoms with Crippen molar-refractivity contribution in [2.45, 2.75) is 19.8 Å². The van der Waals surface area contributed by atoms with Crippen LogP contribution in [-0.4, -0.2) is 46.9 Å². The first-order valence-corrected chi connectivity index (χ1v) is 9.63. The normalized spacial score (nSPS) is 16.1. The number of carbonyl (C=O) groups is 1. The van der Waals surface area contributed by atoms with E-state index in [1.807, 2.05) is 19.1 Å². The van der Waals surface area contributed by atoms with E-state index in [0.717, 1.165) is 18.4 Å². The number of amides is 1. The van der Waals surface area contributed by atoms with Crippen molar-refractivity contribution in [3.8, 4) is 0 Å². The van der Waals surface area contributed by atoms with E-state index in [9.17, 15) is 13.2 Å². The molecule has 1 fully saturated rings. The molecular weight excluding hydrogens is 316 g/mol. The molecule has 1 aromatic carbocycles. The summed E-state index contributed by atoms with van der Waals surface area (Å²) in [5, 5.41) is 2.84. The Kier molecular flexibility index (Phi) is 6.01. The van der Waals surface area contributed by atoms with E-state index in [1.54, 1.807) is 12.1 Å². The Morgan fingerprint density at radius 2 is 1.96 bits per heavy atom. The largest absolute Gasteiger partial charge is 0.381 e. The number of hydrogen-bond donors (Lipinski definition) is 1. The second kappa shape index (κ2) is 7.79. The number of aryl methyl sites for hydroxylation is 1. The molecule has 128 valence electrons. The van der Waals surface area contributed by atoms with Gasteiger partial charge in [0.1, 0.15) is 0 Å². The number of ether oxygens (including phenoxy) is 1. The van der Waals surface area contributed by atoms with Gasteiger partial charge < -0.3 is 10.1 Å². The van der Waals surface area contributed by atoms with E-state index < -0.39 is 10.0 Å². The molecule has 6 nitrogen and oxygen atoms in total. The van der Waals surface area contributed by atoms with Gasteiger partial charge in [0, 0.05) is 25.7 Å². The first-order chi connectivity index (χ1) is 10.9. The third-order valence-corrected chi connectivity index (χ3v) is 5.17. The van der Waals surface area contributed by atoms with Gasteiger partial charge in [-0.1, -0.05) is 18.2 Å². The Labute approximate surface area is 137 Å². The van der Waals surface area contributed by atoms with Crippen molar-refractivity contribution >= 4 is 21.6 Å². The zero-order valence-corrected chi connectivity index (χ0v) is 14.4. The molecule has 1 N–H and O–H groups in total. The van der Waals surface area contributed by atoms with Crippen LogP contribution in [0.2, 0.25) is 0 Å². The van der Waals surface area contributed by atoms with Crippen molar-refractivity contribution in [1.29, 1.82) is 0 Å². The molecule has 0 spiro atoms. The van der Waals surface area contributed by atoms with Crippen LogP contribution in [0.25, 0.3) is 0 Å². The first-order valence-electron chi connectivity index (χ1n) is 7.78.